The molecule has 0 aliphatic rings. The molecule has 4 aromatic carbocycles. The zero-order valence-corrected chi connectivity index (χ0v) is 19.1. The molecule has 0 spiro atoms. The molecule has 3 nitrogen and oxygen atoms in total. The molecule has 4 heteroatoms. The Morgan fingerprint density at radius 2 is 1.41 bits per heavy atom. The highest BCUT2D eigenvalue weighted by Gasteiger charge is 2.29. The third-order valence-electron chi connectivity index (χ3n) is 6.22. The van der Waals surface area contributed by atoms with Crippen LogP contribution in [0, 0.1) is 5.82 Å². The molecule has 0 radical (unpaired) electrons. The molecule has 172 valence electrons. The summed E-state index contributed by atoms with van der Waals surface area (Å²) in [7, 11) is 0. The number of carbonyl (C=O) groups is 1. The highest BCUT2D eigenvalue weighted by atomic mass is 19.1. The van der Waals surface area contributed by atoms with Gasteiger partial charge in [-0.15, -0.1) is 0 Å². The van der Waals surface area contributed by atoms with Crippen molar-refractivity contribution in [2.45, 2.75) is 32.0 Å². The van der Waals surface area contributed by atoms with E-state index in [1.165, 1.54) is 6.07 Å². The summed E-state index contributed by atoms with van der Waals surface area (Å²) in [4.78, 5) is 14.2. The molecule has 0 saturated carbocycles. The summed E-state index contributed by atoms with van der Waals surface area (Å²) in [6.45, 7) is 2.65. The van der Waals surface area contributed by atoms with Crippen molar-refractivity contribution in [2.75, 3.05) is 0 Å². The molecule has 1 N–H and O–H groups in total. The van der Waals surface area contributed by atoms with Crippen LogP contribution < -0.4 is 0 Å². The van der Waals surface area contributed by atoms with E-state index in [-0.39, 0.29) is 18.3 Å². The van der Waals surface area contributed by atoms with Gasteiger partial charge in [0, 0.05) is 24.2 Å². The quantitative estimate of drug-likeness (QED) is 0.290. The van der Waals surface area contributed by atoms with Crippen LogP contribution in [-0.4, -0.2) is 16.0 Å². The molecule has 0 aromatic heterocycles. The summed E-state index contributed by atoms with van der Waals surface area (Å²) in [6, 6.07) is 33.9. The number of aliphatic carboxylic acids is 1. The average molecular weight is 454 g/mol. The Labute approximate surface area is 200 Å². The monoisotopic (exact) mass is 453 g/mol. The minimum atomic E-state index is -0.895. The molecule has 0 aliphatic carbocycles. The number of hydrogen-bond donors (Lipinski definition) is 1. The zero-order chi connectivity index (χ0) is 23.9. The normalized spacial score (nSPS) is 12.9. The van der Waals surface area contributed by atoms with E-state index in [4.69, 9.17) is 0 Å². The first-order chi connectivity index (χ1) is 16.5. The van der Waals surface area contributed by atoms with Gasteiger partial charge in [0.05, 0.1) is 6.42 Å². The maximum absolute atomic E-state index is 14.8. The Morgan fingerprint density at radius 1 is 0.824 bits per heavy atom. The van der Waals surface area contributed by atoms with E-state index in [1.807, 2.05) is 78.9 Å². The van der Waals surface area contributed by atoms with Gasteiger partial charge in [-0.05, 0) is 41.3 Å². The summed E-state index contributed by atoms with van der Waals surface area (Å²) in [5.41, 5.74) is 4.20. The molecular weight excluding hydrogens is 425 g/mol. The lowest BCUT2D eigenvalue weighted by Gasteiger charge is -2.37. The van der Waals surface area contributed by atoms with Crippen LogP contribution in [0.3, 0.4) is 0 Å². The van der Waals surface area contributed by atoms with E-state index in [0.29, 0.717) is 12.1 Å². The van der Waals surface area contributed by atoms with Crippen LogP contribution in [0.25, 0.3) is 11.1 Å². The Balaban J connectivity index is 1.80. The van der Waals surface area contributed by atoms with Gasteiger partial charge in [0.15, 0.2) is 0 Å². The molecule has 0 heterocycles. The van der Waals surface area contributed by atoms with E-state index >= 15 is 0 Å². The predicted octanol–water partition coefficient (Wildman–Crippen LogP) is 7.27. The van der Waals surface area contributed by atoms with E-state index < -0.39 is 12.0 Å². The summed E-state index contributed by atoms with van der Waals surface area (Å²) in [6.07, 6.45) is -0.0934. The van der Waals surface area contributed by atoms with Crippen LogP contribution in [0.15, 0.2) is 109 Å². The van der Waals surface area contributed by atoms with E-state index in [0.717, 1.165) is 22.3 Å². The second kappa shape index (κ2) is 10.9. The van der Waals surface area contributed by atoms with Crippen molar-refractivity contribution in [1.82, 2.24) is 4.90 Å². The third-order valence-corrected chi connectivity index (χ3v) is 6.22. The minimum Gasteiger partial charge on any atom is -0.481 e. The minimum absolute atomic E-state index is 0.0593. The van der Waals surface area contributed by atoms with Gasteiger partial charge in [0.25, 0.3) is 0 Å². The number of rotatable bonds is 9. The second-order valence-electron chi connectivity index (χ2n) is 8.46. The van der Waals surface area contributed by atoms with Gasteiger partial charge >= 0.3 is 5.97 Å². The summed E-state index contributed by atoms with van der Waals surface area (Å²) in [5, 5.41) is 9.85. The fourth-order valence-electron chi connectivity index (χ4n) is 4.42. The molecule has 34 heavy (non-hydrogen) atoms. The van der Waals surface area contributed by atoms with Crippen molar-refractivity contribution in [3.05, 3.63) is 132 Å². The molecule has 0 amide bonds. The fourth-order valence-corrected chi connectivity index (χ4v) is 4.42. The van der Waals surface area contributed by atoms with Gasteiger partial charge in [-0.2, -0.15) is 0 Å². The lowest BCUT2D eigenvalue weighted by molar-refractivity contribution is -0.138. The molecule has 4 aromatic rings. The topological polar surface area (TPSA) is 40.5 Å². The number of carboxylic acids is 1. The van der Waals surface area contributed by atoms with Crippen LogP contribution in [0.1, 0.15) is 42.1 Å². The van der Waals surface area contributed by atoms with Crippen LogP contribution in [-0.2, 0) is 11.3 Å². The van der Waals surface area contributed by atoms with Gasteiger partial charge < -0.3 is 5.11 Å². The number of benzene rings is 4. The first kappa shape index (κ1) is 23.4. The summed E-state index contributed by atoms with van der Waals surface area (Å²) in [5.74, 6) is -1.22. The van der Waals surface area contributed by atoms with Crippen molar-refractivity contribution >= 4 is 5.97 Å². The average Bonchev–Trinajstić information content (AvgIpc) is 2.87. The van der Waals surface area contributed by atoms with Crippen LogP contribution in [0.5, 0.6) is 0 Å². The van der Waals surface area contributed by atoms with Gasteiger partial charge in [-0.3, -0.25) is 9.69 Å². The van der Waals surface area contributed by atoms with Crippen molar-refractivity contribution in [3.8, 4) is 11.1 Å². The molecule has 0 fully saturated rings. The van der Waals surface area contributed by atoms with Crippen LogP contribution in [0.2, 0.25) is 0 Å². The first-order valence-electron chi connectivity index (χ1n) is 11.4. The maximum Gasteiger partial charge on any atom is 0.305 e. The Morgan fingerprint density at radius 3 is 2.03 bits per heavy atom. The number of halogens is 1. The van der Waals surface area contributed by atoms with Gasteiger partial charge in [-0.25, -0.2) is 4.39 Å². The van der Waals surface area contributed by atoms with Crippen LogP contribution in [0.4, 0.5) is 4.39 Å². The number of hydrogen-bond acceptors (Lipinski definition) is 2. The van der Waals surface area contributed by atoms with Crippen molar-refractivity contribution in [3.63, 3.8) is 0 Å². The number of carboxylic acid groups (broad SMARTS) is 1. The lowest BCUT2D eigenvalue weighted by Crippen LogP contribution is -2.32. The highest BCUT2D eigenvalue weighted by Crippen LogP contribution is 2.36. The van der Waals surface area contributed by atoms with Gasteiger partial charge in [0.1, 0.15) is 5.82 Å². The van der Waals surface area contributed by atoms with Gasteiger partial charge in [-0.1, -0.05) is 97.1 Å². The van der Waals surface area contributed by atoms with Crippen molar-refractivity contribution in [1.29, 1.82) is 0 Å². The van der Waals surface area contributed by atoms with Crippen molar-refractivity contribution < 1.29 is 14.3 Å². The fraction of sp³-hybridized carbons (Fsp3) is 0.167. The smallest absolute Gasteiger partial charge is 0.305 e. The Bertz CT molecular complexity index is 1210. The van der Waals surface area contributed by atoms with Gasteiger partial charge in [0.2, 0.25) is 0 Å². The predicted molar refractivity (Wildman–Crippen MR) is 134 cm³/mol. The molecule has 0 saturated heterocycles. The summed E-state index contributed by atoms with van der Waals surface area (Å²) >= 11 is 0. The molecule has 0 unspecified atom stereocenters. The molecule has 2 atom stereocenters. The van der Waals surface area contributed by atoms with Crippen molar-refractivity contribution in [2.24, 2.45) is 0 Å². The summed E-state index contributed by atoms with van der Waals surface area (Å²) < 4.78 is 14.8. The second-order valence-corrected chi connectivity index (χ2v) is 8.46. The van der Waals surface area contributed by atoms with E-state index in [9.17, 15) is 14.3 Å². The zero-order valence-electron chi connectivity index (χ0n) is 19.1. The first-order valence-corrected chi connectivity index (χ1v) is 11.4. The Kier molecular flexibility index (Phi) is 7.51. The standard InChI is InChI=1S/C30H28FNO2/c1-22(24-13-7-3-8-14-24)32(21-23-11-5-2-6-12-23)29(20-30(33)34)26-17-18-28(31)27(19-26)25-15-9-4-10-16-25/h2-19,22,29H,20-21H2,1H3,(H,33,34)/t22-,29+/m1/s1. The molecular formula is C30H28FNO2. The SMILES string of the molecule is C[C@H](c1ccccc1)N(Cc1ccccc1)[C@@H](CC(=O)O)c1ccc(F)c(-c2ccccc2)c1. The third kappa shape index (κ3) is 5.59. The molecule has 0 bridgehead atoms. The molecule has 0 aliphatic heterocycles. The van der Waals surface area contributed by atoms with E-state index in [1.54, 1.807) is 12.1 Å². The van der Waals surface area contributed by atoms with E-state index in [2.05, 4.69) is 24.0 Å². The van der Waals surface area contributed by atoms with Crippen LogP contribution >= 0.6 is 0 Å². The largest absolute Gasteiger partial charge is 0.481 e. The molecule has 4 rings (SSSR count). The Hall–Kier alpha value is -3.76. The highest BCUT2D eigenvalue weighted by molar-refractivity contribution is 5.69. The lowest BCUT2D eigenvalue weighted by atomic mass is 9.93. The number of nitrogens with zero attached hydrogens (tertiary/aromatic N) is 1. The maximum atomic E-state index is 14.8.